The van der Waals surface area contributed by atoms with Crippen LogP contribution in [0.15, 0.2) is 22.7 Å². The van der Waals surface area contributed by atoms with Crippen LogP contribution in [0.25, 0.3) is 0 Å². The second kappa shape index (κ2) is 9.13. The van der Waals surface area contributed by atoms with Gasteiger partial charge in [-0.3, -0.25) is 14.2 Å². The Labute approximate surface area is 180 Å². The first kappa shape index (κ1) is 22.9. The fourth-order valence-corrected chi connectivity index (χ4v) is 3.52. The molecule has 3 heterocycles. The van der Waals surface area contributed by atoms with E-state index in [4.69, 9.17) is 16.0 Å². The molecule has 0 aliphatic heterocycles. The van der Waals surface area contributed by atoms with Gasteiger partial charge in [-0.05, 0) is 32.9 Å². The maximum atomic E-state index is 13.3. The molecule has 0 spiro atoms. The summed E-state index contributed by atoms with van der Waals surface area (Å²) in [5.74, 6) is -0.508. The number of carbonyl (C=O) groups excluding carboxylic acids is 1. The Morgan fingerprint density at radius 3 is 2.52 bits per heavy atom. The number of hydrogen-bond acceptors (Lipinski definition) is 4. The zero-order valence-electron chi connectivity index (χ0n) is 16.9. The second-order valence-corrected chi connectivity index (χ2v) is 7.18. The first-order valence-electron chi connectivity index (χ1n) is 9.38. The predicted molar refractivity (Wildman–Crippen MR) is 103 cm³/mol. The van der Waals surface area contributed by atoms with Crippen LogP contribution in [0.1, 0.15) is 71.7 Å². The molecule has 1 unspecified atom stereocenters. The van der Waals surface area contributed by atoms with Crippen LogP contribution in [0.2, 0.25) is 5.02 Å². The van der Waals surface area contributed by atoms with Crippen molar-refractivity contribution in [1.82, 2.24) is 24.9 Å². The molecule has 12 heteroatoms. The van der Waals surface area contributed by atoms with E-state index >= 15 is 0 Å². The number of aromatic nitrogens is 4. The molecule has 7 nitrogen and oxygen atoms in total. The summed E-state index contributed by atoms with van der Waals surface area (Å²) in [5.41, 5.74) is -0.00987. The number of carbonyl (C=O) groups is 1. The van der Waals surface area contributed by atoms with Crippen molar-refractivity contribution in [2.24, 2.45) is 0 Å². The van der Waals surface area contributed by atoms with Gasteiger partial charge in [0.2, 0.25) is 0 Å². The van der Waals surface area contributed by atoms with Gasteiger partial charge in [0.1, 0.15) is 17.1 Å². The fourth-order valence-electron chi connectivity index (χ4n) is 3.22. The highest BCUT2D eigenvalue weighted by Crippen LogP contribution is 2.35. The van der Waals surface area contributed by atoms with Crippen LogP contribution in [0, 0.1) is 6.92 Å². The molecular weight excluding hydrogens is 442 g/mol. The lowest BCUT2D eigenvalue weighted by molar-refractivity contribution is 0.0909. The van der Waals surface area contributed by atoms with E-state index in [0.717, 1.165) is 11.3 Å². The van der Waals surface area contributed by atoms with Crippen molar-refractivity contribution in [3.05, 3.63) is 57.5 Å². The summed E-state index contributed by atoms with van der Waals surface area (Å²) >= 11 is 5.64. The Bertz CT molecular complexity index is 1080. The third kappa shape index (κ3) is 4.60. The van der Waals surface area contributed by atoms with E-state index in [1.807, 2.05) is 13.8 Å². The van der Waals surface area contributed by atoms with Gasteiger partial charge in [-0.2, -0.15) is 10.2 Å². The SMILES string of the molecule is CCn1ncc(C(C)NC(=O)c2ccc(Cn3nc(C(F)F)c(Cl)c3C(F)F)o2)c1C. The smallest absolute Gasteiger partial charge is 0.287 e. The number of rotatable bonds is 8. The summed E-state index contributed by atoms with van der Waals surface area (Å²) in [6, 6.07) is 2.39. The molecule has 0 fully saturated rings. The minimum atomic E-state index is -3.11. The number of amides is 1. The molecule has 3 aromatic heterocycles. The summed E-state index contributed by atoms with van der Waals surface area (Å²) in [6.07, 6.45) is -4.55. The van der Waals surface area contributed by atoms with E-state index in [-0.39, 0.29) is 17.6 Å². The van der Waals surface area contributed by atoms with Crippen LogP contribution in [0.5, 0.6) is 0 Å². The summed E-state index contributed by atoms with van der Waals surface area (Å²) in [7, 11) is 0. The van der Waals surface area contributed by atoms with E-state index in [2.05, 4.69) is 15.5 Å². The van der Waals surface area contributed by atoms with Gasteiger partial charge in [-0.1, -0.05) is 11.6 Å². The van der Waals surface area contributed by atoms with Crippen molar-refractivity contribution in [2.45, 2.75) is 52.8 Å². The van der Waals surface area contributed by atoms with Crippen LogP contribution >= 0.6 is 11.6 Å². The van der Waals surface area contributed by atoms with Gasteiger partial charge in [-0.25, -0.2) is 17.6 Å². The van der Waals surface area contributed by atoms with Crippen molar-refractivity contribution < 1.29 is 26.8 Å². The summed E-state index contributed by atoms with van der Waals surface area (Å²) < 4.78 is 60.3. The maximum Gasteiger partial charge on any atom is 0.287 e. The molecule has 1 N–H and O–H groups in total. The average Bonchev–Trinajstić information content (AvgIpc) is 3.39. The van der Waals surface area contributed by atoms with Crippen LogP contribution in [0.4, 0.5) is 17.6 Å². The number of halogens is 5. The standard InChI is InChI=1S/C19H20ClF4N5O2/c1-4-28-10(3)12(7-25-28)9(2)26-19(30)13-6-5-11(31-13)8-29-16(18(23)24)14(20)15(27-29)17(21)22/h5-7,9,17-18H,4,8H2,1-3H3,(H,26,30). The first-order chi connectivity index (χ1) is 14.6. The molecular formula is C19H20ClF4N5O2. The van der Waals surface area contributed by atoms with Crippen LogP contribution in [-0.2, 0) is 13.1 Å². The van der Waals surface area contributed by atoms with Gasteiger partial charge in [0, 0.05) is 17.8 Å². The first-order valence-corrected chi connectivity index (χ1v) is 9.76. The average molecular weight is 462 g/mol. The topological polar surface area (TPSA) is 77.9 Å². The Hall–Kier alpha value is -2.82. The highest BCUT2D eigenvalue weighted by molar-refractivity contribution is 6.32. The van der Waals surface area contributed by atoms with Gasteiger partial charge >= 0.3 is 0 Å². The van der Waals surface area contributed by atoms with Crippen molar-refractivity contribution in [3.63, 3.8) is 0 Å². The number of nitrogens with zero attached hydrogens (tertiary/aromatic N) is 4. The zero-order chi connectivity index (χ0) is 22.9. The van der Waals surface area contributed by atoms with Crippen molar-refractivity contribution in [2.75, 3.05) is 0 Å². The quantitative estimate of drug-likeness (QED) is 0.475. The highest BCUT2D eigenvalue weighted by Gasteiger charge is 2.28. The van der Waals surface area contributed by atoms with E-state index < -0.39 is 41.7 Å². The minimum Gasteiger partial charge on any atom is -0.454 e. The fraction of sp³-hybridized carbons (Fsp3) is 0.421. The van der Waals surface area contributed by atoms with E-state index in [9.17, 15) is 22.4 Å². The molecule has 3 rings (SSSR count). The number of hydrogen-bond donors (Lipinski definition) is 1. The molecule has 1 amide bonds. The number of aryl methyl sites for hydroxylation is 1. The lowest BCUT2D eigenvalue weighted by atomic mass is 10.1. The molecule has 0 radical (unpaired) electrons. The molecule has 0 aromatic carbocycles. The maximum absolute atomic E-state index is 13.3. The van der Waals surface area contributed by atoms with Crippen molar-refractivity contribution in [1.29, 1.82) is 0 Å². The molecule has 3 aromatic rings. The molecule has 168 valence electrons. The van der Waals surface area contributed by atoms with Gasteiger partial charge in [0.05, 0.1) is 23.8 Å². The Morgan fingerprint density at radius 1 is 1.23 bits per heavy atom. The normalized spacial score (nSPS) is 12.7. The Kier molecular flexibility index (Phi) is 6.73. The van der Waals surface area contributed by atoms with Gasteiger partial charge in [-0.15, -0.1) is 0 Å². The number of furan rings is 1. The van der Waals surface area contributed by atoms with Crippen LogP contribution in [-0.4, -0.2) is 25.5 Å². The lowest BCUT2D eigenvalue weighted by Crippen LogP contribution is -2.26. The molecule has 1 atom stereocenters. The predicted octanol–water partition coefficient (Wildman–Crippen LogP) is 5.07. The van der Waals surface area contributed by atoms with Crippen LogP contribution in [0.3, 0.4) is 0 Å². The van der Waals surface area contributed by atoms with Gasteiger partial charge in [0.25, 0.3) is 18.8 Å². The summed E-state index contributed by atoms with van der Waals surface area (Å²) in [6.45, 7) is 5.94. The third-order valence-electron chi connectivity index (χ3n) is 4.82. The largest absolute Gasteiger partial charge is 0.454 e. The van der Waals surface area contributed by atoms with Crippen LogP contribution < -0.4 is 5.32 Å². The number of nitrogens with one attached hydrogen (secondary N) is 1. The van der Waals surface area contributed by atoms with Crippen molar-refractivity contribution in [3.8, 4) is 0 Å². The number of alkyl halides is 4. The van der Waals surface area contributed by atoms with Gasteiger partial charge < -0.3 is 9.73 Å². The monoisotopic (exact) mass is 461 g/mol. The molecule has 0 saturated carbocycles. The molecule has 0 aliphatic carbocycles. The molecule has 0 saturated heterocycles. The summed E-state index contributed by atoms with van der Waals surface area (Å²) in [5, 5.41) is 9.70. The van der Waals surface area contributed by atoms with E-state index in [1.165, 1.54) is 12.1 Å². The highest BCUT2D eigenvalue weighted by atomic mass is 35.5. The summed E-state index contributed by atoms with van der Waals surface area (Å²) in [4.78, 5) is 12.5. The molecule has 31 heavy (non-hydrogen) atoms. The van der Waals surface area contributed by atoms with E-state index in [0.29, 0.717) is 11.2 Å². The molecule has 0 bridgehead atoms. The van der Waals surface area contributed by atoms with E-state index in [1.54, 1.807) is 17.8 Å². The molecule has 0 aliphatic rings. The van der Waals surface area contributed by atoms with Crippen molar-refractivity contribution >= 4 is 17.5 Å². The Morgan fingerprint density at radius 2 is 1.94 bits per heavy atom. The Balaban J connectivity index is 1.75. The zero-order valence-corrected chi connectivity index (χ0v) is 17.6. The minimum absolute atomic E-state index is 0.0617. The second-order valence-electron chi connectivity index (χ2n) is 6.81. The van der Waals surface area contributed by atoms with Gasteiger partial charge in [0.15, 0.2) is 5.76 Å². The lowest BCUT2D eigenvalue weighted by Gasteiger charge is -2.13. The third-order valence-corrected chi connectivity index (χ3v) is 5.20.